The van der Waals surface area contributed by atoms with Crippen molar-refractivity contribution in [3.05, 3.63) is 76.2 Å². The molecule has 0 unspecified atom stereocenters. The number of fused-ring (bicyclic) bond motifs is 1. The van der Waals surface area contributed by atoms with Gasteiger partial charge in [-0.15, -0.1) is 11.3 Å². The Labute approximate surface area is 188 Å². The quantitative estimate of drug-likeness (QED) is 0.637. The standard InChI is InChI=1S/C24H21FN2O4S/c25-17-5-3-15(4-6-17)23(21-2-1-11-32-21)26-24(29)16-12-22(28)27(14-16)18-7-8-19-20(13-18)31-10-9-30-19/h1-8,11,13,16,23H,9-10,12,14H2,(H,26,29)/t16-,23-/m0/s1. The first-order valence-electron chi connectivity index (χ1n) is 10.4. The van der Waals surface area contributed by atoms with E-state index >= 15 is 0 Å². The summed E-state index contributed by atoms with van der Waals surface area (Å²) in [7, 11) is 0. The van der Waals surface area contributed by atoms with Crippen molar-refractivity contribution in [1.29, 1.82) is 0 Å². The molecule has 2 aliphatic heterocycles. The van der Waals surface area contributed by atoms with Gasteiger partial charge in [0.05, 0.1) is 12.0 Å². The van der Waals surface area contributed by atoms with Gasteiger partial charge in [0.15, 0.2) is 11.5 Å². The molecule has 1 saturated heterocycles. The van der Waals surface area contributed by atoms with E-state index in [1.54, 1.807) is 35.2 Å². The molecule has 1 fully saturated rings. The first-order chi connectivity index (χ1) is 15.6. The zero-order chi connectivity index (χ0) is 22.1. The molecular weight excluding hydrogens is 431 g/mol. The lowest BCUT2D eigenvalue weighted by atomic mass is 10.0. The molecule has 2 atom stereocenters. The monoisotopic (exact) mass is 452 g/mol. The van der Waals surface area contributed by atoms with Crippen LogP contribution in [0.1, 0.15) is 22.9 Å². The van der Waals surface area contributed by atoms with E-state index in [0.717, 1.165) is 10.4 Å². The number of thiophene rings is 1. The van der Waals surface area contributed by atoms with Crippen LogP contribution < -0.4 is 19.7 Å². The van der Waals surface area contributed by atoms with Gasteiger partial charge in [0, 0.05) is 29.6 Å². The van der Waals surface area contributed by atoms with Crippen LogP contribution in [0.5, 0.6) is 11.5 Å². The predicted molar refractivity (Wildman–Crippen MR) is 119 cm³/mol. The molecule has 5 rings (SSSR count). The normalized spacial score (nSPS) is 18.5. The van der Waals surface area contributed by atoms with E-state index in [1.807, 2.05) is 17.5 Å². The lowest BCUT2D eigenvalue weighted by Crippen LogP contribution is -2.35. The number of nitrogens with zero attached hydrogens (tertiary/aromatic N) is 1. The van der Waals surface area contributed by atoms with Gasteiger partial charge < -0.3 is 19.7 Å². The number of nitrogens with one attached hydrogen (secondary N) is 1. The number of hydrogen-bond acceptors (Lipinski definition) is 5. The number of halogens is 1. The van der Waals surface area contributed by atoms with E-state index in [-0.39, 0.29) is 30.6 Å². The number of amides is 2. The average Bonchev–Trinajstić information content (AvgIpc) is 3.48. The maximum atomic E-state index is 13.4. The van der Waals surface area contributed by atoms with Crippen LogP contribution in [0, 0.1) is 11.7 Å². The molecule has 8 heteroatoms. The van der Waals surface area contributed by atoms with E-state index in [0.29, 0.717) is 30.4 Å². The van der Waals surface area contributed by atoms with Gasteiger partial charge in [-0.25, -0.2) is 4.39 Å². The molecule has 0 bridgehead atoms. The summed E-state index contributed by atoms with van der Waals surface area (Å²) in [6.07, 6.45) is 0.126. The van der Waals surface area contributed by atoms with Crippen molar-refractivity contribution >= 4 is 28.8 Å². The van der Waals surface area contributed by atoms with Gasteiger partial charge in [0.25, 0.3) is 0 Å². The molecule has 32 heavy (non-hydrogen) atoms. The van der Waals surface area contributed by atoms with E-state index < -0.39 is 12.0 Å². The maximum absolute atomic E-state index is 13.4. The third kappa shape index (κ3) is 4.05. The van der Waals surface area contributed by atoms with Crippen molar-refractivity contribution in [2.75, 3.05) is 24.7 Å². The Morgan fingerprint density at radius 3 is 2.62 bits per heavy atom. The molecule has 0 aliphatic carbocycles. The number of carbonyl (C=O) groups is 2. The van der Waals surface area contributed by atoms with E-state index in [9.17, 15) is 14.0 Å². The second-order valence-electron chi connectivity index (χ2n) is 7.74. The Kier molecular flexibility index (Phi) is 5.53. The molecule has 0 saturated carbocycles. The highest BCUT2D eigenvalue weighted by Gasteiger charge is 2.36. The number of hydrogen-bond donors (Lipinski definition) is 1. The number of benzene rings is 2. The highest BCUT2D eigenvalue weighted by molar-refractivity contribution is 7.10. The van der Waals surface area contributed by atoms with Crippen LogP contribution >= 0.6 is 11.3 Å². The summed E-state index contributed by atoms with van der Waals surface area (Å²) in [6, 6.07) is 14.9. The molecule has 2 aromatic carbocycles. The van der Waals surface area contributed by atoms with E-state index in [4.69, 9.17) is 9.47 Å². The summed E-state index contributed by atoms with van der Waals surface area (Å²) in [5.74, 6) is 0.111. The summed E-state index contributed by atoms with van der Waals surface area (Å²) in [5, 5.41) is 5.00. The number of rotatable bonds is 5. The number of anilines is 1. The molecule has 1 N–H and O–H groups in total. The minimum Gasteiger partial charge on any atom is -0.486 e. The van der Waals surface area contributed by atoms with Crippen LogP contribution in [0.25, 0.3) is 0 Å². The van der Waals surface area contributed by atoms with Crippen LogP contribution in [0.3, 0.4) is 0 Å². The Morgan fingerprint density at radius 2 is 1.88 bits per heavy atom. The van der Waals surface area contributed by atoms with Crippen LogP contribution in [0.4, 0.5) is 10.1 Å². The molecule has 164 valence electrons. The van der Waals surface area contributed by atoms with Gasteiger partial charge in [-0.1, -0.05) is 18.2 Å². The topological polar surface area (TPSA) is 67.9 Å². The Balaban J connectivity index is 1.33. The largest absolute Gasteiger partial charge is 0.486 e. The predicted octanol–water partition coefficient (Wildman–Crippen LogP) is 3.92. The van der Waals surface area contributed by atoms with Crippen molar-refractivity contribution in [3.63, 3.8) is 0 Å². The van der Waals surface area contributed by atoms with E-state index in [2.05, 4.69) is 5.32 Å². The Hall–Kier alpha value is -3.39. The third-order valence-electron chi connectivity index (χ3n) is 5.65. The summed E-state index contributed by atoms with van der Waals surface area (Å²) >= 11 is 1.51. The molecule has 2 amide bonds. The van der Waals surface area contributed by atoms with Gasteiger partial charge in [-0.3, -0.25) is 9.59 Å². The summed E-state index contributed by atoms with van der Waals surface area (Å²) < 4.78 is 24.6. The SMILES string of the molecule is O=C(N[C@@H](c1ccc(F)cc1)c1cccs1)[C@H]1CC(=O)N(c2ccc3c(c2)OCCO3)C1. The van der Waals surface area contributed by atoms with Crippen molar-refractivity contribution < 1.29 is 23.5 Å². The minimum atomic E-state index is -0.487. The van der Waals surface area contributed by atoms with Gasteiger partial charge in [0.1, 0.15) is 19.0 Å². The van der Waals surface area contributed by atoms with Crippen LogP contribution in [-0.4, -0.2) is 31.6 Å². The maximum Gasteiger partial charge on any atom is 0.227 e. The smallest absolute Gasteiger partial charge is 0.227 e. The molecule has 6 nitrogen and oxygen atoms in total. The second kappa shape index (κ2) is 8.63. The molecular formula is C24H21FN2O4S. The number of carbonyl (C=O) groups excluding carboxylic acids is 2. The highest BCUT2D eigenvalue weighted by Crippen LogP contribution is 2.36. The number of ether oxygens (including phenoxy) is 2. The highest BCUT2D eigenvalue weighted by atomic mass is 32.1. The first-order valence-corrected chi connectivity index (χ1v) is 11.3. The summed E-state index contributed by atoms with van der Waals surface area (Å²) in [6.45, 7) is 1.24. The first kappa shape index (κ1) is 20.5. The molecule has 1 aromatic heterocycles. The fourth-order valence-corrected chi connectivity index (χ4v) is 4.82. The van der Waals surface area contributed by atoms with Crippen LogP contribution in [0.15, 0.2) is 60.0 Å². The van der Waals surface area contributed by atoms with Gasteiger partial charge in [0.2, 0.25) is 11.8 Å². The lowest BCUT2D eigenvalue weighted by molar-refractivity contribution is -0.126. The van der Waals surface area contributed by atoms with Crippen molar-refractivity contribution in [2.45, 2.75) is 12.5 Å². The zero-order valence-corrected chi connectivity index (χ0v) is 17.9. The molecule has 0 radical (unpaired) electrons. The fourth-order valence-electron chi connectivity index (χ4n) is 4.02. The lowest BCUT2D eigenvalue weighted by Gasteiger charge is -2.23. The Bertz CT molecular complexity index is 1130. The minimum absolute atomic E-state index is 0.115. The van der Waals surface area contributed by atoms with Gasteiger partial charge >= 0.3 is 0 Å². The van der Waals surface area contributed by atoms with Gasteiger partial charge in [-0.2, -0.15) is 0 Å². The average molecular weight is 453 g/mol. The summed E-state index contributed by atoms with van der Waals surface area (Å²) in [5.41, 5.74) is 1.47. The van der Waals surface area contributed by atoms with Crippen LogP contribution in [-0.2, 0) is 9.59 Å². The second-order valence-corrected chi connectivity index (χ2v) is 8.72. The summed E-state index contributed by atoms with van der Waals surface area (Å²) in [4.78, 5) is 28.4. The van der Waals surface area contributed by atoms with E-state index in [1.165, 1.54) is 23.5 Å². The van der Waals surface area contributed by atoms with Crippen LogP contribution in [0.2, 0.25) is 0 Å². The third-order valence-corrected chi connectivity index (χ3v) is 6.59. The van der Waals surface area contributed by atoms with Gasteiger partial charge in [-0.05, 0) is 41.3 Å². The van der Waals surface area contributed by atoms with Crippen molar-refractivity contribution in [3.8, 4) is 11.5 Å². The molecule has 2 aliphatic rings. The molecule has 0 spiro atoms. The fraction of sp³-hybridized carbons (Fsp3) is 0.250. The molecule has 3 aromatic rings. The zero-order valence-electron chi connectivity index (χ0n) is 17.1. The van der Waals surface area contributed by atoms with Crippen molar-refractivity contribution in [1.82, 2.24) is 5.32 Å². The Morgan fingerprint density at radius 1 is 1.09 bits per heavy atom. The molecule has 3 heterocycles. The van der Waals surface area contributed by atoms with Crippen molar-refractivity contribution in [2.24, 2.45) is 5.92 Å².